The number of hydrogen-bond acceptors (Lipinski definition) is 5. The third-order valence-corrected chi connectivity index (χ3v) is 3.03. The van der Waals surface area contributed by atoms with Crippen molar-refractivity contribution in [2.45, 2.75) is 19.9 Å². The summed E-state index contributed by atoms with van der Waals surface area (Å²) in [6.07, 6.45) is 2.48. The van der Waals surface area contributed by atoms with Crippen LogP contribution in [0.25, 0.3) is 0 Å². The number of aryl methyl sites for hydroxylation is 1. The lowest BCUT2D eigenvalue weighted by atomic mass is 10.2. The van der Waals surface area contributed by atoms with Crippen LogP contribution >= 0.6 is 0 Å². The molecule has 0 amide bonds. The number of nitro benzene ring substituents is 1. The standard InChI is InChI=1S/C14H18N4O3/c1-3-9-21-13-6-4-5-12(14(13)18(19)20)15-10-11-7-8-16-17(11)2/h4-8,15H,3,9-10H2,1-2H3. The maximum atomic E-state index is 11.3. The fourth-order valence-electron chi connectivity index (χ4n) is 1.94. The van der Waals surface area contributed by atoms with E-state index in [1.54, 1.807) is 29.1 Å². The predicted molar refractivity (Wildman–Crippen MR) is 79.4 cm³/mol. The van der Waals surface area contributed by atoms with Gasteiger partial charge in [0.2, 0.25) is 0 Å². The van der Waals surface area contributed by atoms with Gasteiger partial charge in [-0.2, -0.15) is 5.10 Å². The Morgan fingerprint density at radius 3 is 2.86 bits per heavy atom. The summed E-state index contributed by atoms with van der Waals surface area (Å²) in [4.78, 5) is 10.9. The van der Waals surface area contributed by atoms with E-state index in [9.17, 15) is 10.1 Å². The molecular weight excluding hydrogens is 272 g/mol. The molecule has 0 fully saturated rings. The SMILES string of the molecule is CCCOc1cccc(NCc2ccnn2C)c1[N+](=O)[O-]. The second kappa shape index (κ2) is 6.74. The highest BCUT2D eigenvalue weighted by Gasteiger charge is 2.20. The Balaban J connectivity index is 2.21. The first-order chi connectivity index (χ1) is 10.1. The molecule has 0 saturated heterocycles. The molecule has 7 nitrogen and oxygen atoms in total. The molecular formula is C14H18N4O3. The molecule has 0 atom stereocenters. The van der Waals surface area contributed by atoms with Crippen LogP contribution in [0.2, 0.25) is 0 Å². The van der Waals surface area contributed by atoms with E-state index in [-0.39, 0.29) is 11.4 Å². The topological polar surface area (TPSA) is 82.2 Å². The number of ether oxygens (including phenoxy) is 1. The third kappa shape index (κ3) is 3.50. The molecule has 1 heterocycles. The molecule has 0 aliphatic heterocycles. The number of anilines is 1. The number of aromatic nitrogens is 2. The van der Waals surface area contributed by atoms with E-state index in [1.807, 2.05) is 20.0 Å². The molecule has 1 N–H and O–H groups in total. The van der Waals surface area contributed by atoms with Gasteiger partial charge in [-0.3, -0.25) is 14.8 Å². The van der Waals surface area contributed by atoms with Gasteiger partial charge in [0.15, 0.2) is 5.75 Å². The molecule has 0 aliphatic carbocycles. The number of nitrogens with zero attached hydrogens (tertiary/aromatic N) is 3. The first-order valence-corrected chi connectivity index (χ1v) is 6.74. The Bertz CT molecular complexity index is 624. The third-order valence-electron chi connectivity index (χ3n) is 3.03. The van der Waals surface area contributed by atoms with Gasteiger partial charge in [0.25, 0.3) is 0 Å². The van der Waals surface area contributed by atoms with E-state index in [0.29, 0.717) is 18.8 Å². The van der Waals surface area contributed by atoms with Crippen LogP contribution in [0.5, 0.6) is 5.75 Å². The molecule has 0 radical (unpaired) electrons. The van der Waals surface area contributed by atoms with Crippen LogP contribution < -0.4 is 10.1 Å². The number of benzene rings is 1. The fourth-order valence-corrected chi connectivity index (χ4v) is 1.94. The summed E-state index contributed by atoms with van der Waals surface area (Å²) in [6.45, 7) is 2.86. The Hall–Kier alpha value is -2.57. The van der Waals surface area contributed by atoms with Crippen LogP contribution in [0.3, 0.4) is 0 Å². The molecule has 0 aliphatic rings. The van der Waals surface area contributed by atoms with Crippen molar-refractivity contribution in [3.05, 3.63) is 46.3 Å². The van der Waals surface area contributed by atoms with Crippen molar-refractivity contribution in [3.8, 4) is 5.75 Å². The smallest absolute Gasteiger partial charge is 0.333 e. The van der Waals surface area contributed by atoms with Crippen molar-refractivity contribution in [2.24, 2.45) is 7.05 Å². The lowest BCUT2D eigenvalue weighted by Crippen LogP contribution is -2.08. The first kappa shape index (κ1) is 14.8. The Morgan fingerprint density at radius 2 is 2.24 bits per heavy atom. The molecule has 7 heteroatoms. The highest BCUT2D eigenvalue weighted by molar-refractivity contribution is 5.68. The van der Waals surface area contributed by atoms with Gasteiger partial charge >= 0.3 is 5.69 Å². The van der Waals surface area contributed by atoms with Crippen molar-refractivity contribution in [1.82, 2.24) is 9.78 Å². The first-order valence-electron chi connectivity index (χ1n) is 6.74. The van der Waals surface area contributed by atoms with E-state index in [1.165, 1.54) is 0 Å². The summed E-state index contributed by atoms with van der Waals surface area (Å²) in [5, 5.41) is 18.4. The minimum Gasteiger partial charge on any atom is -0.487 e. The predicted octanol–water partition coefficient (Wildman–Crippen LogP) is 2.73. The molecule has 1 aromatic heterocycles. The molecule has 0 unspecified atom stereocenters. The fraction of sp³-hybridized carbons (Fsp3) is 0.357. The summed E-state index contributed by atoms with van der Waals surface area (Å²) < 4.78 is 7.17. The average Bonchev–Trinajstić information content (AvgIpc) is 2.87. The lowest BCUT2D eigenvalue weighted by Gasteiger charge is -2.11. The quantitative estimate of drug-likeness (QED) is 0.626. The van der Waals surface area contributed by atoms with Crippen LogP contribution in [-0.2, 0) is 13.6 Å². The van der Waals surface area contributed by atoms with Crippen molar-refractivity contribution in [2.75, 3.05) is 11.9 Å². The van der Waals surface area contributed by atoms with E-state index in [0.717, 1.165) is 12.1 Å². The monoisotopic (exact) mass is 290 g/mol. The molecule has 21 heavy (non-hydrogen) atoms. The van der Waals surface area contributed by atoms with E-state index >= 15 is 0 Å². The van der Waals surface area contributed by atoms with Crippen LogP contribution in [0.4, 0.5) is 11.4 Å². The van der Waals surface area contributed by atoms with Gasteiger partial charge < -0.3 is 10.1 Å². The molecule has 0 bridgehead atoms. The maximum absolute atomic E-state index is 11.3. The summed E-state index contributed by atoms with van der Waals surface area (Å²) in [6, 6.07) is 6.89. The average molecular weight is 290 g/mol. The number of nitro groups is 1. The number of para-hydroxylation sites is 1. The van der Waals surface area contributed by atoms with Gasteiger partial charge in [0.05, 0.1) is 23.8 Å². The number of rotatable bonds is 7. The highest BCUT2D eigenvalue weighted by atomic mass is 16.6. The second-order valence-electron chi connectivity index (χ2n) is 4.56. The molecule has 2 aromatic rings. The van der Waals surface area contributed by atoms with Gasteiger partial charge in [-0.15, -0.1) is 0 Å². The van der Waals surface area contributed by atoms with Gasteiger partial charge in [0.1, 0.15) is 5.69 Å². The molecule has 0 saturated carbocycles. The second-order valence-corrected chi connectivity index (χ2v) is 4.56. The van der Waals surface area contributed by atoms with Crippen molar-refractivity contribution in [1.29, 1.82) is 0 Å². The van der Waals surface area contributed by atoms with Crippen LogP contribution in [0.1, 0.15) is 19.0 Å². The van der Waals surface area contributed by atoms with Gasteiger partial charge in [-0.05, 0) is 24.6 Å². The van der Waals surface area contributed by atoms with Crippen molar-refractivity contribution in [3.63, 3.8) is 0 Å². The Kier molecular flexibility index (Phi) is 4.76. The zero-order valence-electron chi connectivity index (χ0n) is 12.1. The minimum atomic E-state index is -0.420. The maximum Gasteiger partial charge on any atom is 0.333 e. The molecule has 2 rings (SSSR count). The van der Waals surface area contributed by atoms with Crippen LogP contribution in [0, 0.1) is 10.1 Å². The molecule has 1 aromatic carbocycles. The summed E-state index contributed by atoms with van der Waals surface area (Å²) in [7, 11) is 1.83. The van der Waals surface area contributed by atoms with Crippen LogP contribution in [-0.4, -0.2) is 21.3 Å². The normalized spacial score (nSPS) is 10.4. The van der Waals surface area contributed by atoms with E-state index < -0.39 is 4.92 Å². The lowest BCUT2D eigenvalue weighted by molar-refractivity contribution is -0.385. The Morgan fingerprint density at radius 1 is 1.43 bits per heavy atom. The zero-order chi connectivity index (χ0) is 15.2. The van der Waals surface area contributed by atoms with Crippen molar-refractivity contribution < 1.29 is 9.66 Å². The summed E-state index contributed by atoms with van der Waals surface area (Å²) in [5.41, 5.74) is 1.34. The van der Waals surface area contributed by atoms with E-state index in [2.05, 4.69) is 10.4 Å². The largest absolute Gasteiger partial charge is 0.487 e. The van der Waals surface area contributed by atoms with Gasteiger partial charge in [-0.25, -0.2) is 0 Å². The van der Waals surface area contributed by atoms with E-state index in [4.69, 9.17) is 4.74 Å². The number of nitrogens with one attached hydrogen (secondary N) is 1. The van der Waals surface area contributed by atoms with Gasteiger partial charge in [-0.1, -0.05) is 13.0 Å². The van der Waals surface area contributed by atoms with Gasteiger partial charge in [0, 0.05) is 13.2 Å². The Labute approximate surface area is 122 Å². The molecule has 112 valence electrons. The van der Waals surface area contributed by atoms with Crippen LogP contribution in [0.15, 0.2) is 30.5 Å². The summed E-state index contributed by atoms with van der Waals surface area (Å²) >= 11 is 0. The zero-order valence-corrected chi connectivity index (χ0v) is 12.1. The highest BCUT2D eigenvalue weighted by Crippen LogP contribution is 2.35. The number of hydrogen-bond donors (Lipinski definition) is 1. The summed E-state index contributed by atoms with van der Waals surface area (Å²) in [5.74, 6) is 0.289. The molecule has 0 spiro atoms. The van der Waals surface area contributed by atoms with Crippen molar-refractivity contribution >= 4 is 11.4 Å². The minimum absolute atomic E-state index is 0.0341.